The zero-order chi connectivity index (χ0) is 19.3. The largest absolute Gasteiger partial charge is 0.497 e. The van der Waals surface area contributed by atoms with Gasteiger partial charge in [-0.15, -0.1) is 0 Å². The quantitative estimate of drug-likeness (QED) is 0.753. The summed E-state index contributed by atoms with van der Waals surface area (Å²) < 4.78 is 30.5. The summed E-state index contributed by atoms with van der Waals surface area (Å²) in [6, 6.07) is 6.21. The van der Waals surface area contributed by atoms with Crippen LogP contribution < -0.4 is 4.74 Å². The third-order valence-electron chi connectivity index (χ3n) is 4.51. The molecule has 0 aromatic heterocycles. The van der Waals surface area contributed by atoms with E-state index in [2.05, 4.69) is 0 Å². The van der Waals surface area contributed by atoms with Gasteiger partial charge in [0.15, 0.2) is 0 Å². The SMILES string of the molecule is CCS(=O)(=O)N1CCC(N(CC(=O)O)C(=O)c2cccc(OC)c2)CC1. The van der Waals surface area contributed by atoms with Crippen LogP contribution in [0.4, 0.5) is 0 Å². The van der Waals surface area contributed by atoms with Gasteiger partial charge in [0, 0.05) is 24.7 Å². The van der Waals surface area contributed by atoms with Crippen molar-refractivity contribution < 1.29 is 27.9 Å². The smallest absolute Gasteiger partial charge is 0.323 e. The Labute approximate surface area is 153 Å². The molecule has 0 unspecified atom stereocenters. The van der Waals surface area contributed by atoms with Gasteiger partial charge in [-0.3, -0.25) is 9.59 Å². The van der Waals surface area contributed by atoms with Crippen LogP contribution in [0.25, 0.3) is 0 Å². The van der Waals surface area contributed by atoms with Gasteiger partial charge in [0.25, 0.3) is 5.91 Å². The van der Waals surface area contributed by atoms with Gasteiger partial charge in [-0.25, -0.2) is 12.7 Å². The van der Waals surface area contributed by atoms with Gasteiger partial charge in [0.05, 0.1) is 12.9 Å². The van der Waals surface area contributed by atoms with Gasteiger partial charge in [0.2, 0.25) is 10.0 Å². The highest BCUT2D eigenvalue weighted by molar-refractivity contribution is 7.89. The number of hydrogen-bond acceptors (Lipinski definition) is 5. The number of carbonyl (C=O) groups excluding carboxylic acids is 1. The minimum absolute atomic E-state index is 0.0270. The maximum Gasteiger partial charge on any atom is 0.323 e. The maximum absolute atomic E-state index is 12.9. The Morgan fingerprint density at radius 1 is 1.31 bits per heavy atom. The van der Waals surface area contributed by atoms with Crippen molar-refractivity contribution >= 4 is 21.9 Å². The number of rotatable bonds is 7. The van der Waals surface area contributed by atoms with Crippen LogP contribution in [0.15, 0.2) is 24.3 Å². The zero-order valence-corrected chi connectivity index (χ0v) is 15.7. The topological polar surface area (TPSA) is 104 Å². The molecule has 0 bridgehead atoms. The molecule has 8 nitrogen and oxygen atoms in total. The normalized spacial score (nSPS) is 16.2. The lowest BCUT2D eigenvalue weighted by Gasteiger charge is -2.37. The van der Waals surface area contributed by atoms with Crippen LogP contribution >= 0.6 is 0 Å². The second-order valence-corrected chi connectivity index (χ2v) is 8.35. The van der Waals surface area contributed by atoms with Crippen LogP contribution in [0.1, 0.15) is 30.1 Å². The molecule has 0 atom stereocenters. The molecule has 1 aromatic carbocycles. The monoisotopic (exact) mass is 384 g/mol. The van der Waals surface area contributed by atoms with E-state index in [0.717, 1.165) is 0 Å². The number of benzene rings is 1. The van der Waals surface area contributed by atoms with E-state index >= 15 is 0 Å². The predicted molar refractivity (Wildman–Crippen MR) is 95.7 cm³/mol. The number of aliphatic carboxylic acids is 1. The van der Waals surface area contributed by atoms with E-state index in [4.69, 9.17) is 4.74 Å². The molecule has 1 N–H and O–H groups in total. The van der Waals surface area contributed by atoms with Crippen LogP contribution in [-0.2, 0) is 14.8 Å². The Bertz CT molecular complexity index is 756. The van der Waals surface area contributed by atoms with Crippen molar-refractivity contribution in [3.8, 4) is 5.75 Å². The lowest BCUT2D eigenvalue weighted by atomic mass is 10.0. The average molecular weight is 384 g/mol. The molecule has 1 aliphatic rings. The van der Waals surface area contributed by atoms with Gasteiger partial charge in [0.1, 0.15) is 12.3 Å². The van der Waals surface area contributed by atoms with E-state index in [-0.39, 0.29) is 24.9 Å². The molecule has 0 aliphatic carbocycles. The van der Waals surface area contributed by atoms with Gasteiger partial charge < -0.3 is 14.7 Å². The van der Waals surface area contributed by atoms with Gasteiger partial charge >= 0.3 is 5.97 Å². The summed E-state index contributed by atoms with van der Waals surface area (Å²) in [5.41, 5.74) is 0.342. The first-order chi connectivity index (χ1) is 12.3. The Balaban J connectivity index is 2.17. The fourth-order valence-corrected chi connectivity index (χ4v) is 4.18. The summed E-state index contributed by atoms with van der Waals surface area (Å²) in [5.74, 6) is -0.970. The molecule has 1 aliphatic heterocycles. The highest BCUT2D eigenvalue weighted by Crippen LogP contribution is 2.22. The van der Waals surface area contributed by atoms with E-state index in [9.17, 15) is 23.1 Å². The molecule has 1 heterocycles. The van der Waals surface area contributed by atoms with E-state index in [1.165, 1.54) is 16.3 Å². The molecule has 1 amide bonds. The molecule has 0 radical (unpaired) electrons. The van der Waals surface area contributed by atoms with Crippen molar-refractivity contribution in [2.24, 2.45) is 0 Å². The highest BCUT2D eigenvalue weighted by atomic mass is 32.2. The Morgan fingerprint density at radius 3 is 2.50 bits per heavy atom. The minimum Gasteiger partial charge on any atom is -0.497 e. The molecule has 26 heavy (non-hydrogen) atoms. The number of carbonyl (C=O) groups is 2. The Kier molecular flexibility index (Phi) is 6.60. The number of methoxy groups -OCH3 is 1. The lowest BCUT2D eigenvalue weighted by Crippen LogP contribution is -2.50. The Morgan fingerprint density at radius 2 is 1.96 bits per heavy atom. The van der Waals surface area contributed by atoms with Crippen LogP contribution in [0, 0.1) is 0 Å². The molecule has 2 rings (SSSR count). The van der Waals surface area contributed by atoms with Crippen molar-refractivity contribution in [3.63, 3.8) is 0 Å². The first-order valence-corrected chi connectivity index (χ1v) is 10.0. The second-order valence-electron chi connectivity index (χ2n) is 6.09. The number of carboxylic acids is 1. The van der Waals surface area contributed by atoms with Gasteiger partial charge in [-0.05, 0) is 38.0 Å². The minimum atomic E-state index is -3.28. The predicted octanol–water partition coefficient (Wildman–Crippen LogP) is 1.04. The third kappa shape index (κ3) is 4.73. The van der Waals surface area contributed by atoms with E-state index in [1.807, 2.05) is 0 Å². The number of piperidine rings is 1. The van der Waals surface area contributed by atoms with Crippen LogP contribution in [0.5, 0.6) is 5.75 Å². The Hall–Kier alpha value is -2.13. The van der Waals surface area contributed by atoms with Crippen LogP contribution in [0.3, 0.4) is 0 Å². The summed E-state index contributed by atoms with van der Waals surface area (Å²) in [6.45, 7) is 1.72. The van der Waals surface area contributed by atoms with Crippen molar-refractivity contribution in [2.45, 2.75) is 25.8 Å². The molecule has 144 valence electrons. The lowest BCUT2D eigenvalue weighted by molar-refractivity contribution is -0.138. The number of sulfonamides is 1. The summed E-state index contributed by atoms with van der Waals surface area (Å²) in [7, 11) is -1.79. The van der Waals surface area contributed by atoms with Gasteiger partial charge in [-0.2, -0.15) is 0 Å². The van der Waals surface area contributed by atoms with E-state index in [0.29, 0.717) is 24.2 Å². The number of carboxylic acid groups (broad SMARTS) is 1. The number of ether oxygens (including phenoxy) is 1. The molecule has 9 heteroatoms. The molecular formula is C17H24N2O6S. The van der Waals surface area contributed by atoms with E-state index in [1.54, 1.807) is 31.2 Å². The second kappa shape index (κ2) is 8.50. The van der Waals surface area contributed by atoms with Crippen LogP contribution in [-0.4, -0.2) is 73.1 Å². The molecule has 1 fully saturated rings. The van der Waals surface area contributed by atoms with Crippen molar-refractivity contribution in [3.05, 3.63) is 29.8 Å². The first kappa shape index (κ1) is 20.2. The van der Waals surface area contributed by atoms with Crippen molar-refractivity contribution in [1.29, 1.82) is 0 Å². The first-order valence-electron chi connectivity index (χ1n) is 8.43. The standard InChI is InChI=1S/C17H24N2O6S/c1-3-26(23,24)18-9-7-14(8-10-18)19(12-16(20)21)17(22)13-5-4-6-15(11-13)25-2/h4-6,11,14H,3,7-10,12H2,1-2H3,(H,20,21). The summed E-state index contributed by atoms with van der Waals surface area (Å²) in [6.07, 6.45) is 0.810. The third-order valence-corrected chi connectivity index (χ3v) is 6.39. The average Bonchev–Trinajstić information content (AvgIpc) is 2.65. The molecule has 1 saturated heterocycles. The number of nitrogens with zero attached hydrogens (tertiary/aromatic N) is 2. The zero-order valence-electron chi connectivity index (χ0n) is 14.9. The molecule has 0 spiro atoms. The summed E-state index contributed by atoms with van der Waals surface area (Å²) in [5, 5.41) is 9.21. The molecule has 0 saturated carbocycles. The van der Waals surface area contributed by atoms with Crippen molar-refractivity contribution in [2.75, 3.05) is 32.5 Å². The van der Waals surface area contributed by atoms with Gasteiger partial charge in [-0.1, -0.05) is 6.07 Å². The van der Waals surface area contributed by atoms with E-state index < -0.39 is 28.4 Å². The summed E-state index contributed by atoms with van der Waals surface area (Å²) >= 11 is 0. The fourth-order valence-electron chi connectivity index (χ4n) is 3.05. The van der Waals surface area contributed by atoms with Crippen LogP contribution in [0.2, 0.25) is 0 Å². The summed E-state index contributed by atoms with van der Waals surface area (Å²) in [4.78, 5) is 25.4. The number of hydrogen-bond donors (Lipinski definition) is 1. The van der Waals surface area contributed by atoms with Crippen molar-refractivity contribution in [1.82, 2.24) is 9.21 Å². The number of amides is 1. The molecule has 1 aromatic rings. The maximum atomic E-state index is 12.9. The molecular weight excluding hydrogens is 360 g/mol. The highest BCUT2D eigenvalue weighted by Gasteiger charge is 2.33. The fraction of sp³-hybridized carbons (Fsp3) is 0.529.